The molecule has 2 N–H and O–H groups in total. The molecule has 0 unspecified atom stereocenters. The van der Waals surface area contributed by atoms with Crippen LogP contribution in [0.1, 0.15) is 18.9 Å². The highest BCUT2D eigenvalue weighted by Gasteiger charge is 2.57. The molecule has 2 rings (SSSR count). The predicted octanol–water partition coefficient (Wildman–Crippen LogP) is 0.641. The maximum absolute atomic E-state index is 12.1. The zero-order chi connectivity index (χ0) is 16.2. The van der Waals surface area contributed by atoms with Crippen LogP contribution in [0.4, 0.5) is 4.79 Å². The standard InChI is InChI=1S/C15H19NO6/c1-2-21-13(18)15(20)12(17)8-9-16(15)14(19)22-10-11-6-4-3-5-7-11/h3-7,12,17,20H,2,8-10H2,1H3/t12-,15-/m1/s1. The van der Waals surface area contributed by atoms with E-state index in [4.69, 9.17) is 9.47 Å². The van der Waals surface area contributed by atoms with Gasteiger partial charge in [0.1, 0.15) is 12.7 Å². The van der Waals surface area contributed by atoms with Crippen molar-refractivity contribution in [3.8, 4) is 0 Å². The summed E-state index contributed by atoms with van der Waals surface area (Å²) in [5, 5.41) is 20.2. The minimum atomic E-state index is -2.40. The number of carbonyl (C=O) groups is 2. The Bertz CT molecular complexity index is 534. The van der Waals surface area contributed by atoms with E-state index in [1.54, 1.807) is 31.2 Å². The first-order chi connectivity index (χ1) is 10.5. The van der Waals surface area contributed by atoms with Gasteiger partial charge in [-0.1, -0.05) is 30.3 Å². The Morgan fingerprint density at radius 2 is 2.00 bits per heavy atom. The summed E-state index contributed by atoms with van der Waals surface area (Å²) in [4.78, 5) is 24.8. The van der Waals surface area contributed by atoms with E-state index in [2.05, 4.69) is 0 Å². The molecule has 0 saturated carbocycles. The van der Waals surface area contributed by atoms with E-state index in [0.29, 0.717) is 0 Å². The molecular formula is C15H19NO6. The molecule has 1 fully saturated rings. The van der Waals surface area contributed by atoms with Gasteiger partial charge in [0, 0.05) is 6.54 Å². The molecule has 22 heavy (non-hydrogen) atoms. The molecule has 0 radical (unpaired) electrons. The van der Waals surface area contributed by atoms with E-state index in [9.17, 15) is 19.8 Å². The van der Waals surface area contributed by atoms with Crippen molar-refractivity contribution >= 4 is 12.1 Å². The number of ether oxygens (including phenoxy) is 2. The van der Waals surface area contributed by atoms with Crippen molar-refractivity contribution in [3.05, 3.63) is 35.9 Å². The molecule has 0 spiro atoms. The zero-order valence-electron chi connectivity index (χ0n) is 12.3. The number of hydrogen-bond acceptors (Lipinski definition) is 6. The second-order valence-electron chi connectivity index (χ2n) is 4.94. The van der Waals surface area contributed by atoms with Gasteiger partial charge in [0.05, 0.1) is 6.61 Å². The normalized spacial score (nSPS) is 24.1. The highest BCUT2D eigenvalue weighted by Crippen LogP contribution is 2.29. The molecule has 1 saturated heterocycles. The Labute approximate surface area is 128 Å². The van der Waals surface area contributed by atoms with Gasteiger partial charge in [-0.3, -0.25) is 4.90 Å². The Morgan fingerprint density at radius 1 is 1.32 bits per heavy atom. The van der Waals surface area contributed by atoms with Crippen molar-refractivity contribution < 1.29 is 29.3 Å². The van der Waals surface area contributed by atoms with Gasteiger partial charge >= 0.3 is 12.1 Å². The monoisotopic (exact) mass is 309 g/mol. The fourth-order valence-electron chi connectivity index (χ4n) is 2.31. The summed E-state index contributed by atoms with van der Waals surface area (Å²) < 4.78 is 9.84. The Kier molecular flexibility index (Phi) is 4.99. The number of likely N-dealkylation sites (tertiary alicyclic amines) is 1. The molecule has 120 valence electrons. The summed E-state index contributed by atoms with van der Waals surface area (Å²) >= 11 is 0. The lowest BCUT2D eigenvalue weighted by Crippen LogP contribution is -2.59. The molecule has 7 heteroatoms. The lowest BCUT2D eigenvalue weighted by molar-refractivity contribution is -0.194. The third kappa shape index (κ3) is 3.05. The minimum absolute atomic E-state index is 0.00407. The molecule has 1 aromatic rings. The Balaban J connectivity index is 2.06. The van der Waals surface area contributed by atoms with Crippen molar-refractivity contribution in [1.29, 1.82) is 0 Å². The third-order valence-electron chi connectivity index (χ3n) is 3.50. The van der Waals surface area contributed by atoms with Crippen LogP contribution >= 0.6 is 0 Å². The van der Waals surface area contributed by atoms with Crippen LogP contribution in [0.5, 0.6) is 0 Å². The average molecular weight is 309 g/mol. The SMILES string of the molecule is CCOC(=O)[C@]1(O)[C@H](O)CCN1C(=O)OCc1ccccc1. The molecular weight excluding hydrogens is 290 g/mol. The van der Waals surface area contributed by atoms with Crippen molar-refractivity contribution in [2.24, 2.45) is 0 Å². The zero-order valence-corrected chi connectivity index (χ0v) is 12.3. The van der Waals surface area contributed by atoms with Crippen LogP contribution in [0.25, 0.3) is 0 Å². The first kappa shape index (κ1) is 16.3. The fourth-order valence-corrected chi connectivity index (χ4v) is 2.31. The largest absolute Gasteiger partial charge is 0.462 e. The topological polar surface area (TPSA) is 96.3 Å². The van der Waals surface area contributed by atoms with Crippen LogP contribution in [-0.2, 0) is 20.9 Å². The van der Waals surface area contributed by atoms with Gasteiger partial charge in [0.15, 0.2) is 0 Å². The quantitative estimate of drug-likeness (QED) is 0.792. The average Bonchev–Trinajstić information content (AvgIpc) is 2.83. The number of aliphatic hydroxyl groups excluding tert-OH is 1. The maximum atomic E-state index is 12.1. The number of hydrogen-bond donors (Lipinski definition) is 2. The van der Waals surface area contributed by atoms with Gasteiger partial charge in [-0.15, -0.1) is 0 Å². The second-order valence-corrected chi connectivity index (χ2v) is 4.94. The molecule has 1 heterocycles. The molecule has 0 aromatic heterocycles. The van der Waals surface area contributed by atoms with E-state index < -0.39 is 23.9 Å². The van der Waals surface area contributed by atoms with Gasteiger partial charge in [0.25, 0.3) is 5.72 Å². The number of rotatable bonds is 4. The summed E-state index contributed by atoms with van der Waals surface area (Å²) in [5.74, 6) is -1.06. The van der Waals surface area contributed by atoms with Crippen LogP contribution in [0, 0.1) is 0 Å². The first-order valence-corrected chi connectivity index (χ1v) is 7.06. The maximum Gasteiger partial charge on any atom is 0.412 e. The van der Waals surface area contributed by atoms with E-state index in [1.165, 1.54) is 0 Å². The van der Waals surface area contributed by atoms with E-state index >= 15 is 0 Å². The van der Waals surface area contributed by atoms with Gasteiger partial charge in [-0.05, 0) is 18.9 Å². The van der Waals surface area contributed by atoms with Crippen molar-refractivity contribution in [3.63, 3.8) is 0 Å². The summed E-state index contributed by atoms with van der Waals surface area (Å²) in [6.45, 7) is 1.61. The molecule has 1 amide bonds. The summed E-state index contributed by atoms with van der Waals surface area (Å²) in [7, 11) is 0. The smallest absolute Gasteiger partial charge is 0.412 e. The second kappa shape index (κ2) is 6.76. The Hall–Kier alpha value is -2.12. The molecule has 0 bridgehead atoms. The van der Waals surface area contributed by atoms with E-state index in [0.717, 1.165) is 10.5 Å². The number of esters is 1. The van der Waals surface area contributed by atoms with Crippen LogP contribution in [0.3, 0.4) is 0 Å². The van der Waals surface area contributed by atoms with Crippen molar-refractivity contribution in [1.82, 2.24) is 4.90 Å². The highest BCUT2D eigenvalue weighted by atomic mass is 16.6. The molecule has 2 atom stereocenters. The minimum Gasteiger partial charge on any atom is -0.462 e. The van der Waals surface area contributed by atoms with Crippen molar-refractivity contribution in [2.45, 2.75) is 31.8 Å². The van der Waals surface area contributed by atoms with Crippen molar-refractivity contribution in [2.75, 3.05) is 13.2 Å². The molecule has 1 aromatic carbocycles. The number of benzene rings is 1. The van der Waals surface area contributed by atoms with E-state index in [1.807, 2.05) is 6.07 Å². The third-order valence-corrected chi connectivity index (χ3v) is 3.50. The van der Waals surface area contributed by atoms with Gasteiger partial charge in [-0.25, -0.2) is 9.59 Å². The van der Waals surface area contributed by atoms with Crippen LogP contribution < -0.4 is 0 Å². The molecule has 0 aliphatic carbocycles. The summed E-state index contributed by atoms with van der Waals surface area (Å²) in [6.07, 6.45) is -2.22. The number of carbonyl (C=O) groups excluding carboxylic acids is 2. The summed E-state index contributed by atoms with van der Waals surface area (Å²) in [5.41, 5.74) is -1.63. The number of aliphatic hydroxyl groups is 2. The molecule has 7 nitrogen and oxygen atoms in total. The van der Waals surface area contributed by atoms with Crippen LogP contribution in [0.2, 0.25) is 0 Å². The van der Waals surface area contributed by atoms with Gasteiger partial charge in [-0.2, -0.15) is 0 Å². The summed E-state index contributed by atoms with van der Waals surface area (Å²) in [6, 6.07) is 9.00. The predicted molar refractivity (Wildman–Crippen MR) is 75.5 cm³/mol. The van der Waals surface area contributed by atoms with E-state index in [-0.39, 0.29) is 26.2 Å². The Morgan fingerprint density at radius 3 is 2.64 bits per heavy atom. The number of nitrogens with zero attached hydrogens (tertiary/aromatic N) is 1. The highest BCUT2D eigenvalue weighted by molar-refractivity contribution is 5.85. The first-order valence-electron chi connectivity index (χ1n) is 7.06. The lowest BCUT2D eigenvalue weighted by atomic mass is 10.1. The molecule has 1 aliphatic heterocycles. The van der Waals surface area contributed by atoms with Crippen LogP contribution in [0.15, 0.2) is 30.3 Å². The van der Waals surface area contributed by atoms with Gasteiger partial charge < -0.3 is 19.7 Å². The molecule has 1 aliphatic rings. The fraction of sp³-hybridized carbons (Fsp3) is 0.467. The lowest BCUT2D eigenvalue weighted by Gasteiger charge is -2.32. The van der Waals surface area contributed by atoms with Gasteiger partial charge in [0.2, 0.25) is 0 Å². The number of amides is 1. The van der Waals surface area contributed by atoms with Crippen LogP contribution in [-0.4, -0.2) is 52.2 Å².